The first kappa shape index (κ1) is 19.0. The maximum atomic E-state index is 12.5. The predicted octanol–water partition coefficient (Wildman–Crippen LogP) is 4.21. The monoisotopic (exact) mass is 372 g/mol. The summed E-state index contributed by atoms with van der Waals surface area (Å²) in [6.07, 6.45) is 5.79. The van der Waals surface area contributed by atoms with Gasteiger partial charge in [-0.1, -0.05) is 62.7 Å². The zero-order valence-corrected chi connectivity index (χ0v) is 16.6. The van der Waals surface area contributed by atoms with Crippen molar-refractivity contribution in [2.75, 3.05) is 0 Å². The standard InChI is InChI=1S/C20H28N4OS/c1-4-15-9-11-16(12-10-15)18-22-20(24-23-18)26-14(3)19(25)21-17-8-6-5-7-13(17)2/h9-14,17H,4-8H2,1-3H3,(H,21,25)(H,22,23,24)/t13-,14-,17+/m0/s1. The van der Waals surface area contributed by atoms with Crippen LogP contribution in [0.5, 0.6) is 0 Å². The van der Waals surface area contributed by atoms with Gasteiger partial charge in [0.1, 0.15) is 0 Å². The Morgan fingerprint density at radius 3 is 2.73 bits per heavy atom. The number of hydrogen-bond acceptors (Lipinski definition) is 4. The van der Waals surface area contributed by atoms with Crippen LogP contribution in [0.3, 0.4) is 0 Å². The van der Waals surface area contributed by atoms with Crippen LogP contribution in [0.25, 0.3) is 11.4 Å². The summed E-state index contributed by atoms with van der Waals surface area (Å²) < 4.78 is 0. The average molecular weight is 373 g/mol. The van der Waals surface area contributed by atoms with E-state index < -0.39 is 0 Å². The Morgan fingerprint density at radius 1 is 1.31 bits per heavy atom. The topological polar surface area (TPSA) is 70.7 Å². The molecule has 1 saturated carbocycles. The SMILES string of the molecule is CCc1ccc(-c2nc(S[C@@H](C)C(=O)N[C@@H]3CCCC[C@@H]3C)n[nH]2)cc1. The molecule has 0 aliphatic heterocycles. The van der Waals surface area contributed by atoms with Crippen molar-refractivity contribution in [2.45, 2.75) is 69.3 Å². The van der Waals surface area contributed by atoms with Gasteiger partial charge < -0.3 is 5.32 Å². The number of nitrogens with zero attached hydrogens (tertiary/aromatic N) is 2. The van der Waals surface area contributed by atoms with Gasteiger partial charge in [0.15, 0.2) is 5.82 Å². The van der Waals surface area contributed by atoms with Crippen LogP contribution < -0.4 is 5.32 Å². The molecule has 1 fully saturated rings. The number of aromatic nitrogens is 3. The highest BCUT2D eigenvalue weighted by Gasteiger charge is 2.25. The van der Waals surface area contributed by atoms with Gasteiger partial charge in [-0.3, -0.25) is 9.89 Å². The third kappa shape index (κ3) is 4.67. The summed E-state index contributed by atoms with van der Waals surface area (Å²) in [6.45, 7) is 6.28. The number of thioether (sulfide) groups is 1. The molecule has 0 radical (unpaired) electrons. The molecule has 26 heavy (non-hydrogen) atoms. The van der Waals surface area contributed by atoms with Crippen molar-refractivity contribution in [3.63, 3.8) is 0 Å². The summed E-state index contributed by atoms with van der Waals surface area (Å²) in [5, 5.41) is 10.9. The van der Waals surface area contributed by atoms with Gasteiger partial charge in [-0.25, -0.2) is 4.98 Å². The Bertz CT molecular complexity index is 728. The first-order valence-electron chi connectivity index (χ1n) is 9.55. The Labute approximate surface area is 159 Å². The van der Waals surface area contributed by atoms with E-state index in [-0.39, 0.29) is 11.2 Å². The van der Waals surface area contributed by atoms with E-state index in [1.54, 1.807) is 0 Å². The van der Waals surface area contributed by atoms with Crippen molar-refractivity contribution in [3.8, 4) is 11.4 Å². The van der Waals surface area contributed by atoms with Crippen molar-refractivity contribution >= 4 is 17.7 Å². The summed E-state index contributed by atoms with van der Waals surface area (Å²) in [4.78, 5) is 17.0. The van der Waals surface area contributed by atoms with E-state index in [0.29, 0.717) is 17.1 Å². The Kier molecular flexibility index (Phi) is 6.35. The van der Waals surface area contributed by atoms with E-state index in [2.05, 4.69) is 46.5 Å². The van der Waals surface area contributed by atoms with Gasteiger partial charge in [0, 0.05) is 11.6 Å². The second kappa shape index (κ2) is 8.71. The van der Waals surface area contributed by atoms with Crippen LogP contribution in [0, 0.1) is 5.92 Å². The van der Waals surface area contributed by atoms with Crippen LogP contribution in [-0.2, 0) is 11.2 Å². The molecule has 5 nitrogen and oxygen atoms in total. The number of hydrogen-bond donors (Lipinski definition) is 2. The van der Waals surface area contributed by atoms with E-state index in [4.69, 9.17) is 0 Å². The number of nitrogens with one attached hydrogen (secondary N) is 2. The largest absolute Gasteiger partial charge is 0.352 e. The Balaban J connectivity index is 1.58. The smallest absolute Gasteiger partial charge is 0.233 e. The first-order chi connectivity index (χ1) is 12.6. The normalized spacial score (nSPS) is 21.3. The molecular weight excluding hydrogens is 344 g/mol. The zero-order valence-electron chi connectivity index (χ0n) is 15.8. The fourth-order valence-electron chi connectivity index (χ4n) is 3.37. The van der Waals surface area contributed by atoms with Crippen LogP contribution in [0.4, 0.5) is 0 Å². The minimum atomic E-state index is -0.213. The summed E-state index contributed by atoms with van der Waals surface area (Å²) in [5.41, 5.74) is 2.31. The van der Waals surface area contributed by atoms with Gasteiger partial charge in [0.2, 0.25) is 11.1 Å². The molecule has 6 heteroatoms. The van der Waals surface area contributed by atoms with Crippen molar-refractivity contribution in [2.24, 2.45) is 5.92 Å². The number of aryl methyl sites for hydroxylation is 1. The third-order valence-corrected chi connectivity index (χ3v) is 6.15. The molecule has 1 aromatic carbocycles. The molecule has 1 amide bonds. The number of carbonyl (C=O) groups is 1. The lowest BCUT2D eigenvalue weighted by Gasteiger charge is -2.30. The lowest BCUT2D eigenvalue weighted by atomic mass is 9.86. The molecule has 1 aromatic heterocycles. The minimum Gasteiger partial charge on any atom is -0.352 e. The Hall–Kier alpha value is -1.82. The maximum absolute atomic E-state index is 12.5. The van der Waals surface area contributed by atoms with Crippen LogP contribution in [-0.4, -0.2) is 32.4 Å². The molecule has 140 valence electrons. The number of benzene rings is 1. The molecule has 1 aliphatic carbocycles. The fraction of sp³-hybridized carbons (Fsp3) is 0.550. The van der Waals surface area contributed by atoms with E-state index in [9.17, 15) is 4.79 Å². The van der Waals surface area contributed by atoms with Gasteiger partial charge in [-0.05, 0) is 37.7 Å². The van der Waals surface area contributed by atoms with Crippen molar-refractivity contribution < 1.29 is 4.79 Å². The predicted molar refractivity (Wildman–Crippen MR) is 106 cm³/mol. The van der Waals surface area contributed by atoms with Crippen LogP contribution in [0.15, 0.2) is 29.4 Å². The van der Waals surface area contributed by atoms with Crippen LogP contribution in [0.2, 0.25) is 0 Å². The quantitative estimate of drug-likeness (QED) is 0.745. The Morgan fingerprint density at radius 2 is 2.04 bits per heavy atom. The lowest BCUT2D eigenvalue weighted by molar-refractivity contribution is -0.121. The molecular formula is C20H28N4OS. The van der Waals surface area contributed by atoms with E-state index in [0.717, 1.165) is 24.2 Å². The highest BCUT2D eigenvalue weighted by atomic mass is 32.2. The molecule has 0 bridgehead atoms. The van der Waals surface area contributed by atoms with Gasteiger partial charge in [-0.2, -0.15) is 0 Å². The highest BCUT2D eigenvalue weighted by Crippen LogP contribution is 2.26. The highest BCUT2D eigenvalue weighted by molar-refractivity contribution is 8.00. The van der Waals surface area contributed by atoms with Gasteiger partial charge in [-0.15, -0.1) is 5.10 Å². The minimum absolute atomic E-state index is 0.0763. The average Bonchev–Trinajstić information content (AvgIpc) is 3.12. The van der Waals surface area contributed by atoms with Crippen LogP contribution in [0.1, 0.15) is 52.0 Å². The van der Waals surface area contributed by atoms with Crippen molar-refractivity contribution in [1.29, 1.82) is 0 Å². The molecule has 2 aromatic rings. The molecule has 2 N–H and O–H groups in total. The summed E-state index contributed by atoms with van der Waals surface area (Å²) >= 11 is 1.40. The second-order valence-corrected chi connectivity index (χ2v) is 8.46. The molecule has 1 heterocycles. The number of H-pyrrole nitrogens is 1. The van der Waals surface area contributed by atoms with E-state index in [1.807, 2.05) is 19.1 Å². The van der Waals surface area contributed by atoms with E-state index in [1.165, 1.54) is 36.6 Å². The summed E-state index contributed by atoms with van der Waals surface area (Å²) in [5.74, 6) is 1.38. The van der Waals surface area contributed by atoms with Crippen molar-refractivity contribution in [3.05, 3.63) is 29.8 Å². The van der Waals surface area contributed by atoms with Crippen LogP contribution >= 0.6 is 11.8 Å². The lowest BCUT2D eigenvalue weighted by Crippen LogP contribution is -2.44. The number of carbonyl (C=O) groups excluding carboxylic acids is 1. The maximum Gasteiger partial charge on any atom is 0.233 e. The molecule has 0 spiro atoms. The first-order valence-corrected chi connectivity index (χ1v) is 10.4. The molecule has 0 unspecified atom stereocenters. The van der Waals surface area contributed by atoms with Gasteiger partial charge in [0.05, 0.1) is 5.25 Å². The van der Waals surface area contributed by atoms with Gasteiger partial charge in [0.25, 0.3) is 0 Å². The van der Waals surface area contributed by atoms with Gasteiger partial charge >= 0.3 is 0 Å². The number of amides is 1. The molecule has 1 aliphatic rings. The summed E-state index contributed by atoms with van der Waals surface area (Å²) in [6, 6.07) is 8.61. The number of rotatable bonds is 6. The molecule has 3 atom stereocenters. The third-order valence-electron chi connectivity index (χ3n) is 5.19. The molecule has 3 rings (SSSR count). The second-order valence-electron chi connectivity index (χ2n) is 7.15. The van der Waals surface area contributed by atoms with E-state index >= 15 is 0 Å². The van der Waals surface area contributed by atoms with Crippen molar-refractivity contribution in [1.82, 2.24) is 20.5 Å². The number of aromatic amines is 1. The summed E-state index contributed by atoms with van der Waals surface area (Å²) in [7, 11) is 0. The molecule has 0 saturated heterocycles. The fourth-order valence-corrected chi connectivity index (χ4v) is 4.10. The zero-order chi connectivity index (χ0) is 18.5.